The van der Waals surface area contributed by atoms with E-state index in [9.17, 15) is 4.79 Å². The van der Waals surface area contributed by atoms with Gasteiger partial charge in [0.15, 0.2) is 0 Å². The van der Waals surface area contributed by atoms with Crippen LogP contribution in [-0.4, -0.2) is 58.9 Å². The Bertz CT molecular complexity index is 518. The van der Waals surface area contributed by atoms with Crippen molar-refractivity contribution in [2.24, 2.45) is 5.92 Å². The minimum Gasteiger partial charge on any atom is -0.343 e. The number of amides is 1. The summed E-state index contributed by atoms with van der Waals surface area (Å²) in [4.78, 5) is 21.5. The van der Waals surface area contributed by atoms with Crippen LogP contribution in [-0.2, 0) is 11.2 Å². The molecule has 0 unspecified atom stereocenters. The quantitative estimate of drug-likeness (QED) is 0.887. The first-order valence-electron chi connectivity index (χ1n) is 8.27. The molecule has 0 aliphatic carbocycles. The Hall–Kier alpha value is -0.920. The van der Waals surface area contributed by atoms with Crippen molar-refractivity contribution in [3.63, 3.8) is 0 Å². The summed E-state index contributed by atoms with van der Waals surface area (Å²) in [5.74, 6) is 1.47. The zero-order chi connectivity index (χ0) is 15.5. The lowest BCUT2D eigenvalue weighted by Gasteiger charge is -2.37. The van der Waals surface area contributed by atoms with Gasteiger partial charge in [-0.2, -0.15) is 4.37 Å². The number of nitrogens with zero attached hydrogens (tertiary/aromatic N) is 4. The molecule has 2 saturated heterocycles. The summed E-state index contributed by atoms with van der Waals surface area (Å²) in [6.07, 6.45) is 2.82. The molecule has 6 nitrogen and oxygen atoms in total. The molecule has 2 aliphatic rings. The molecule has 1 aromatic rings. The normalized spacial score (nSPS) is 25.1. The number of hydrogen-bond donors (Lipinski definition) is 1. The molecule has 0 radical (unpaired) electrons. The Kier molecular flexibility index (Phi) is 6.61. The summed E-state index contributed by atoms with van der Waals surface area (Å²) in [5.41, 5.74) is 0. The highest BCUT2D eigenvalue weighted by Gasteiger charge is 2.30. The highest BCUT2D eigenvalue weighted by atomic mass is 35.5. The molecule has 130 valence electrons. The number of piperazine rings is 1. The van der Waals surface area contributed by atoms with Gasteiger partial charge in [0.05, 0.1) is 0 Å². The summed E-state index contributed by atoms with van der Waals surface area (Å²) in [5, 5.41) is 4.41. The van der Waals surface area contributed by atoms with Crippen LogP contribution in [0.15, 0.2) is 0 Å². The van der Waals surface area contributed by atoms with Gasteiger partial charge in [0.2, 0.25) is 11.0 Å². The molecule has 0 aromatic carbocycles. The van der Waals surface area contributed by atoms with Crippen LogP contribution < -0.4 is 10.2 Å². The standard InChI is InChI=1S/C15H25N5OS.ClH/c1-3-13-17-15(22-18-13)20-8-6-19(7-9-20)14(21)12-4-5-16-11(2)10-12;/h11-12,16H,3-10H2,1-2H3;1H/t11-,12-;/m0./s1. The number of halogens is 1. The Labute approximate surface area is 148 Å². The molecule has 0 spiro atoms. The maximum atomic E-state index is 12.6. The van der Waals surface area contributed by atoms with Crippen molar-refractivity contribution in [1.29, 1.82) is 0 Å². The fourth-order valence-corrected chi connectivity index (χ4v) is 4.05. The Morgan fingerprint density at radius 2 is 2.09 bits per heavy atom. The van der Waals surface area contributed by atoms with E-state index < -0.39 is 0 Å². The first-order valence-corrected chi connectivity index (χ1v) is 9.04. The third-order valence-electron chi connectivity index (χ3n) is 4.61. The van der Waals surface area contributed by atoms with Crippen LogP contribution in [0, 0.1) is 5.92 Å². The second-order valence-corrected chi connectivity index (χ2v) is 6.97. The second-order valence-electron chi connectivity index (χ2n) is 6.24. The van der Waals surface area contributed by atoms with Gasteiger partial charge in [0.25, 0.3) is 0 Å². The zero-order valence-corrected chi connectivity index (χ0v) is 15.5. The van der Waals surface area contributed by atoms with Crippen LogP contribution >= 0.6 is 23.9 Å². The molecule has 0 saturated carbocycles. The van der Waals surface area contributed by atoms with Gasteiger partial charge in [0.1, 0.15) is 5.82 Å². The summed E-state index contributed by atoms with van der Waals surface area (Å²) < 4.78 is 4.35. The monoisotopic (exact) mass is 359 g/mol. The number of carbonyl (C=O) groups excluding carboxylic acids is 1. The topological polar surface area (TPSA) is 61.4 Å². The molecule has 3 rings (SSSR count). The maximum Gasteiger partial charge on any atom is 0.225 e. The van der Waals surface area contributed by atoms with Gasteiger partial charge >= 0.3 is 0 Å². The molecule has 23 heavy (non-hydrogen) atoms. The van der Waals surface area contributed by atoms with Crippen molar-refractivity contribution in [2.75, 3.05) is 37.6 Å². The molecule has 1 amide bonds. The summed E-state index contributed by atoms with van der Waals surface area (Å²) >= 11 is 1.47. The zero-order valence-electron chi connectivity index (χ0n) is 13.8. The molecule has 2 atom stereocenters. The number of rotatable bonds is 3. The van der Waals surface area contributed by atoms with E-state index in [1.165, 1.54) is 11.5 Å². The predicted molar refractivity (Wildman–Crippen MR) is 95.5 cm³/mol. The summed E-state index contributed by atoms with van der Waals surface area (Å²) in [6, 6.07) is 0.456. The number of nitrogens with one attached hydrogen (secondary N) is 1. The van der Waals surface area contributed by atoms with Gasteiger partial charge < -0.3 is 15.1 Å². The van der Waals surface area contributed by atoms with E-state index in [0.29, 0.717) is 11.9 Å². The predicted octanol–water partition coefficient (Wildman–Crippen LogP) is 1.56. The largest absolute Gasteiger partial charge is 0.343 e. The van der Waals surface area contributed by atoms with Crippen molar-refractivity contribution < 1.29 is 4.79 Å². The molecule has 2 aliphatic heterocycles. The van der Waals surface area contributed by atoms with Gasteiger partial charge in [-0.15, -0.1) is 12.4 Å². The van der Waals surface area contributed by atoms with Crippen LogP contribution in [0.1, 0.15) is 32.5 Å². The Morgan fingerprint density at radius 1 is 1.35 bits per heavy atom. The molecular formula is C15H26ClN5OS. The van der Waals surface area contributed by atoms with E-state index >= 15 is 0 Å². The number of aromatic nitrogens is 2. The lowest BCUT2D eigenvalue weighted by atomic mass is 9.92. The molecule has 2 fully saturated rings. The summed E-state index contributed by atoms with van der Waals surface area (Å²) in [7, 11) is 0. The van der Waals surface area contributed by atoms with E-state index in [2.05, 4.69) is 33.4 Å². The number of piperidine rings is 1. The van der Waals surface area contributed by atoms with Crippen LogP contribution in [0.5, 0.6) is 0 Å². The lowest BCUT2D eigenvalue weighted by Crippen LogP contribution is -2.52. The van der Waals surface area contributed by atoms with E-state index in [1.807, 2.05) is 4.90 Å². The highest BCUT2D eigenvalue weighted by Crippen LogP contribution is 2.22. The van der Waals surface area contributed by atoms with Crippen molar-refractivity contribution >= 4 is 35.0 Å². The fraction of sp³-hybridized carbons (Fsp3) is 0.800. The minimum atomic E-state index is 0. The molecule has 8 heteroatoms. The highest BCUT2D eigenvalue weighted by molar-refractivity contribution is 7.09. The third kappa shape index (κ3) is 4.33. The SMILES string of the molecule is CCc1nsc(N2CCN(C(=O)[C@H]3CCN[C@@H](C)C3)CC2)n1.Cl. The average Bonchev–Trinajstić information content (AvgIpc) is 3.03. The van der Waals surface area contributed by atoms with Crippen LogP contribution in [0.2, 0.25) is 0 Å². The second kappa shape index (κ2) is 8.26. The van der Waals surface area contributed by atoms with Crippen LogP contribution in [0.25, 0.3) is 0 Å². The van der Waals surface area contributed by atoms with Crippen molar-refractivity contribution in [3.05, 3.63) is 5.82 Å². The Morgan fingerprint density at radius 3 is 2.70 bits per heavy atom. The number of aryl methyl sites for hydroxylation is 1. The van der Waals surface area contributed by atoms with Crippen molar-refractivity contribution in [2.45, 2.75) is 39.2 Å². The van der Waals surface area contributed by atoms with Gasteiger partial charge in [-0.1, -0.05) is 6.92 Å². The fourth-order valence-electron chi connectivity index (χ4n) is 3.25. The number of anilines is 1. The van der Waals surface area contributed by atoms with Gasteiger partial charge in [-0.25, -0.2) is 4.98 Å². The lowest BCUT2D eigenvalue weighted by molar-refractivity contribution is -0.137. The average molecular weight is 360 g/mol. The summed E-state index contributed by atoms with van der Waals surface area (Å²) in [6.45, 7) is 8.54. The first-order chi connectivity index (χ1) is 10.7. The smallest absolute Gasteiger partial charge is 0.225 e. The third-order valence-corrected chi connectivity index (χ3v) is 5.42. The maximum absolute atomic E-state index is 12.6. The van der Waals surface area contributed by atoms with E-state index in [0.717, 1.165) is 62.9 Å². The number of hydrogen-bond acceptors (Lipinski definition) is 6. The van der Waals surface area contributed by atoms with E-state index in [4.69, 9.17) is 0 Å². The van der Waals surface area contributed by atoms with Crippen molar-refractivity contribution in [3.8, 4) is 0 Å². The molecule has 1 aromatic heterocycles. The van der Waals surface area contributed by atoms with Gasteiger partial charge in [-0.05, 0) is 26.3 Å². The minimum absolute atomic E-state index is 0. The molecule has 3 heterocycles. The van der Waals surface area contributed by atoms with Crippen LogP contribution in [0.4, 0.5) is 5.13 Å². The van der Waals surface area contributed by atoms with E-state index in [1.54, 1.807) is 0 Å². The van der Waals surface area contributed by atoms with Gasteiger partial charge in [0, 0.05) is 56.1 Å². The van der Waals surface area contributed by atoms with Gasteiger partial charge in [-0.3, -0.25) is 4.79 Å². The van der Waals surface area contributed by atoms with E-state index in [-0.39, 0.29) is 18.3 Å². The number of carbonyl (C=O) groups is 1. The molecular weight excluding hydrogens is 334 g/mol. The Balaban J connectivity index is 0.00000192. The first kappa shape index (κ1) is 18.4. The molecule has 0 bridgehead atoms. The van der Waals surface area contributed by atoms with Crippen LogP contribution in [0.3, 0.4) is 0 Å². The van der Waals surface area contributed by atoms with Crippen molar-refractivity contribution in [1.82, 2.24) is 19.6 Å². The molecule has 1 N–H and O–H groups in total.